The number of allylic oxidation sites excluding steroid dienone is 2. The van der Waals surface area contributed by atoms with Crippen LogP contribution in [0.4, 0.5) is 5.69 Å². The maximum absolute atomic E-state index is 13.6. The van der Waals surface area contributed by atoms with Crippen LogP contribution in [-0.4, -0.2) is 65.5 Å². The summed E-state index contributed by atoms with van der Waals surface area (Å²) in [5.41, 5.74) is 1.48. The zero-order chi connectivity index (χ0) is 32.9. The summed E-state index contributed by atoms with van der Waals surface area (Å²) in [6.07, 6.45) is 5.61. The van der Waals surface area contributed by atoms with Gasteiger partial charge in [0.15, 0.2) is 0 Å². The van der Waals surface area contributed by atoms with E-state index in [1.165, 1.54) is 0 Å². The number of benzene rings is 3. The minimum Gasteiger partial charge on any atom is -0.463 e. The van der Waals surface area contributed by atoms with E-state index < -0.39 is 42.3 Å². The topological polar surface area (TPSA) is 125 Å². The fraction of sp³-hybridized carbons (Fsp3) is 0.351. The number of likely N-dealkylation sites (tertiary alicyclic amines) is 1. The Morgan fingerprint density at radius 3 is 2.33 bits per heavy atom. The van der Waals surface area contributed by atoms with Crippen molar-refractivity contribution < 1.29 is 29.0 Å². The summed E-state index contributed by atoms with van der Waals surface area (Å²) in [6, 6.07) is 21.2. The zero-order valence-electron chi connectivity index (χ0n) is 26.1. The molecule has 3 aromatic rings. The lowest BCUT2D eigenvalue weighted by atomic mass is 9.96. The van der Waals surface area contributed by atoms with Crippen LogP contribution < -0.4 is 10.6 Å². The molecular formula is C37H43N3O6. The van der Waals surface area contributed by atoms with Crippen LogP contribution in [0.3, 0.4) is 0 Å². The molecule has 0 spiro atoms. The van der Waals surface area contributed by atoms with Crippen molar-refractivity contribution in [2.75, 3.05) is 25.1 Å². The van der Waals surface area contributed by atoms with Crippen molar-refractivity contribution in [3.63, 3.8) is 0 Å². The number of carbonyl (C=O) groups is 4. The molecule has 3 N–H and O–H groups in total. The Labute approximate surface area is 270 Å². The van der Waals surface area contributed by atoms with E-state index in [9.17, 15) is 24.3 Å². The van der Waals surface area contributed by atoms with Gasteiger partial charge in [0.1, 0.15) is 12.6 Å². The number of hydrogen-bond acceptors (Lipinski definition) is 6. The van der Waals surface area contributed by atoms with Crippen LogP contribution in [0.1, 0.15) is 37.7 Å². The molecule has 1 heterocycles. The van der Waals surface area contributed by atoms with E-state index in [0.717, 1.165) is 22.8 Å². The van der Waals surface area contributed by atoms with Crippen LogP contribution in [0.15, 0.2) is 98.1 Å². The normalized spacial score (nSPS) is 16.2. The highest BCUT2D eigenvalue weighted by atomic mass is 16.5. The number of ether oxygens (including phenoxy) is 1. The van der Waals surface area contributed by atoms with E-state index in [1.807, 2.05) is 66.7 Å². The molecule has 0 aliphatic carbocycles. The quantitative estimate of drug-likeness (QED) is 0.155. The molecule has 0 bridgehead atoms. The molecule has 3 aromatic carbocycles. The first-order valence-electron chi connectivity index (χ1n) is 15.8. The van der Waals surface area contributed by atoms with E-state index in [1.54, 1.807) is 23.1 Å². The molecule has 0 saturated carbocycles. The fourth-order valence-corrected chi connectivity index (χ4v) is 5.78. The van der Waals surface area contributed by atoms with Gasteiger partial charge in [-0.25, -0.2) is 0 Å². The van der Waals surface area contributed by atoms with Crippen molar-refractivity contribution in [3.8, 4) is 0 Å². The number of nitrogens with zero attached hydrogens (tertiary/aromatic N) is 1. The third-order valence-corrected chi connectivity index (χ3v) is 8.30. The summed E-state index contributed by atoms with van der Waals surface area (Å²) in [7, 11) is 0. The lowest BCUT2D eigenvalue weighted by molar-refractivity contribution is -0.150. The minimum atomic E-state index is -1.23. The van der Waals surface area contributed by atoms with Crippen LogP contribution in [-0.2, 0) is 30.3 Å². The second-order valence-electron chi connectivity index (χ2n) is 11.6. The lowest BCUT2D eigenvalue weighted by Gasteiger charge is -2.26. The summed E-state index contributed by atoms with van der Waals surface area (Å²) in [5, 5.41) is 17.2. The highest BCUT2D eigenvalue weighted by Crippen LogP contribution is 2.22. The Balaban J connectivity index is 1.50. The highest BCUT2D eigenvalue weighted by Gasteiger charge is 2.33. The number of rotatable bonds is 16. The van der Waals surface area contributed by atoms with Gasteiger partial charge in [-0.2, -0.15) is 0 Å². The van der Waals surface area contributed by atoms with Crippen molar-refractivity contribution in [1.29, 1.82) is 0 Å². The van der Waals surface area contributed by atoms with E-state index >= 15 is 0 Å². The zero-order valence-corrected chi connectivity index (χ0v) is 26.1. The number of nitrogens with one attached hydrogen (secondary N) is 2. The van der Waals surface area contributed by atoms with E-state index in [0.29, 0.717) is 31.5 Å². The Kier molecular flexibility index (Phi) is 12.7. The minimum absolute atomic E-state index is 0.106. The number of aliphatic hydroxyl groups is 1. The molecule has 1 aliphatic heterocycles. The molecule has 4 rings (SSSR count). The first kappa shape index (κ1) is 34.1. The summed E-state index contributed by atoms with van der Waals surface area (Å²) < 4.78 is 5.67. The number of esters is 1. The van der Waals surface area contributed by atoms with Crippen molar-refractivity contribution in [3.05, 3.63) is 104 Å². The van der Waals surface area contributed by atoms with Crippen LogP contribution >= 0.6 is 0 Å². The maximum atomic E-state index is 13.6. The number of aliphatic hydroxyl groups excluding tert-OH is 1. The molecule has 0 radical (unpaired) electrons. The molecular weight excluding hydrogens is 582 g/mol. The third kappa shape index (κ3) is 9.37. The van der Waals surface area contributed by atoms with Crippen LogP contribution in [0.5, 0.6) is 0 Å². The number of amides is 3. The monoisotopic (exact) mass is 625 g/mol. The lowest BCUT2D eigenvalue weighted by Crippen LogP contribution is -2.50. The van der Waals surface area contributed by atoms with Crippen molar-refractivity contribution in [2.45, 2.75) is 50.6 Å². The third-order valence-electron chi connectivity index (χ3n) is 8.30. The van der Waals surface area contributed by atoms with Gasteiger partial charge in [-0.1, -0.05) is 72.8 Å². The number of anilines is 1. The van der Waals surface area contributed by atoms with Gasteiger partial charge < -0.3 is 25.4 Å². The van der Waals surface area contributed by atoms with Gasteiger partial charge in [0.2, 0.25) is 11.8 Å². The van der Waals surface area contributed by atoms with Crippen LogP contribution in [0, 0.1) is 11.8 Å². The summed E-state index contributed by atoms with van der Waals surface area (Å²) >= 11 is 0. The molecule has 9 heteroatoms. The molecule has 242 valence electrons. The first-order valence-corrected chi connectivity index (χ1v) is 15.8. The second kappa shape index (κ2) is 17.1. The summed E-state index contributed by atoms with van der Waals surface area (Å²) in [6.45, 7) is 7.50. The van der Waals surface area contributed by atoms with Crippen molar-refractivity contribution in [1.82, 2.24) is 10.2 Å². The van der Waals surface area contributed by atoms with Gasteiger partial charge in [0.25, 0.3) is 5.91 Å². The summed E-state index contributed by atoms with van der Waals surface area (Å²) in [4.78, 5) is 55.2. The Morgan fingerprint density at radius 1 is 0.913 bits per heavy atom. The number of hydrogen-bond donors (Lipinski definition) is 3. The molecule has 0 aromatic heterocycles. The van der Waals surface area contributed by atoms with Crippen molar-refractivity contribution >= 4 is 40.2 Å². The summed E-state index contributed by atoms with van der Waals surface area (Å²) in [5.74, 6) is -3.18. The highest BCUT2D eigenvalue weighted by molar-refractivity contribution is 5.99. The standard InChI is InChI=1S/C37H43N3O6/c1-3-11-29(23-34(42)40-20-10-17-32(40)24-41)35(43)39-33(36(44)38-31-19-18-27-15-8-9-16-28(27)22-31)25-46-37(45)30(12-4-2)21-26-13-6-5-7-14-26/h3-9,13-16,18-19,22,29-30,32-33,41H,1-2,10-12,17,20-21,23-25H2,(H,38,44)(H,39,43)/t29-,30-,32+,33+/m1/s1. The largest absolute Gasteiger partial charge is 0.463 e. The first-order chi connectivity index (χ1) is 22.3. The van der Waals surface area contributed by atoms with Crippen molar-refractivity contribution in [2.24, 2.45) is 11.8 Å². The Morgan fingerprint density at radius 2 is 1.61 bits per heavy atom. The predicted molar refractivity (Wildman–Crippen MR) is 179 cm³/mol. The average Bonchev–Trinajstić information content (AvgIpc) is 3.56. The SMILES string of the molecule is C=CC[C@H](CC(=O)N1CCC[C@H]1CO)C(=O)N[C@@H](COC(=O)[C@H](CC=C)Cc1ccccc1)C(=O)Nc1ccc2ccccc2c1. The van der Waals surface area contributed by atoms with Crippen LogP contribution in [0.2, 0.25) is 0 Å². The van der Waals surface area contributed by atoms with Gasteiger partial charge in [-0.05, 0) is 60.6 Å². The van der Waals surface area contributed by atoms with Gasteiger partial charge >= 0.3 is 5.97 Å². The van der Waals surface area contributed by atoms with E-state index in [4.69, 9.17) is 4.74 Å². The Hall–Kier alpha value is -4.76. The van der Waals surface area contributed by atoms with Gasteiger partial charge in [0, 0.05) is 18.7 Å². The number of fused-ring (bicyclic) bond motifs is 1. The smallest absolute Gasteiger partial charge is 0.309 e. The molecule has 4 atom stereocenters. The van der Waals surface area contributed by atoms with Gasteiger partial charge in [0.05, 0.1) is 24.5 Å². The molecule has 9 nitrogen and oxygen atoms in total. The molecule has 3 amide bonds. The maximum Gasteiger partial charge on any atom is 0.309 e. The fourth-order valence-electron chi connectivity index (χ4n) is 5.78. The van der Waals surface area contributed by atoms with Gasteiger partial charge in [-0.3, -0.25) is 19.2 Å². The molecule has 46 heavy (non-hydrogen) atoms. The predicted octanol–water partition coefficient (Wildman–Crippen LogP) is 4.81. The molecule has 1 aliphatic rings. The van der Waals surface area contributed by atoms with Crippen LogP contribution in [0.25, 0.3) is 10.8 Å². The van der Waals surface area contributed by atoms with E-state index in [2.05, 4.69) is 23.8 Å². The van der Waals surface area contributed by atoms with Gasteiger partial charge in [-0.15, -0.1) is 13.2 Å². The number of carbonyl (C=O) groups excluding carboxylic acids is 4. The molecule has 1 fully saturated rings. The molecule has 0 unspecified atom stereocenters. The molecule has 1 saturated heterocycles. The van der Waals surface area contributed by atoms with E-state index in [-0.39, 0.29) is 31.4 Å². The Bertz CT molecular complexity index is 1520. The average molecular weight is 626 g/mol. The second-order valence-corrected chi connectivity index (χ2v) is 11.6.